The van der Waals surface area contributed by atoms with Crippen LogP contribution >= 0.6 is 0 Å². The second-order valence-electron chi connectivity index (χ2n) is 5.76. The van der Waals surface area contributed by atoms with E-state index in [0.29, 0.717) is 6.10 Å². The number of piperidine rings is 1. The van der Waals surface area contributed by atoms with Gasteiger partial charge in [-0.05, 0) is 51.2 Å². The van der Waals surface area contributed by atoms with Gasteiger partial charge in [0.2, 0.25) is 0 Å². The van der Waals surface area contributed by atoms with Crippen molar-refractivity contribution in [1.29, 1.82) is 0 Å². The Morgan fingerprint density at radius 1 is 1.24 bits per heavy atom. The SMILES string of the molecule is CC(CNCC1CCCO1)CN1CCCCC1. The molecule has 0 aromatic heterocycles. The first-order chi connectivity index (χ1) is 8.34. The third-order valence-corrected chi connectivity index (χ3v) is 3.91. The van der Waals surface area contributed by atoms with E-state index in [2.05, 4.69) is 17.1 Å². The second kappa shape index (κ2) is 7.34. The summed E-state index contributed by atoms with van der Waals surface area (Å²) in [6.45, 7) is 9.40. The summed E-state index contributed by atoms with van der Waals surface area (Å²) in [6, 6.07) is 0. The topological polar surface area (TPSA) is 24.5 Å². The maximum Gasteiger partial charge on any atom is 0.0700 e. The molecule has 0 radical (unpaired) electrons. The van der Waals surface area contributed by atoms with Crippen LogP contribution in [0.25, 0.3) is 0 Å². The Balaban J connectivity index is 1.52. The molecule has 2 saturated heterocycles. The molecule has 2 unspecified atom stereocenters. The van der Waals surface area contributed by atoms with Gasteiger partial charge in [0, 0.05) is 19.7 Å². The summed E-state index contributed by atoms with van der Waals surface area (Å²) in [5.41, 5.74) is 0. The number of rotatable bonds is 6. The zero-order valence-corrected chi connectivity index (χ0v) is 11.3. The molecule has 0 spiro atoms. The number of nitrogens with zero attached hydrogens (tertiary/aromatic N) is 1. The molecule has 3 heteroatoms. The highest BCUT2D eigenvalue weighted by Gasteiger charge is 2.16. The Morgan fingerprint density at radius 2 is 2.06 bits per heavy atom. The van der Waals surface area contributed by atoms with Crippen LogP contribution in [0.15, 0.2) is 0 Å². The first-order valence-corrected chi connectivity index (χ1v) is 7.39. The van der Waals surface area contributed by atoms with Gasteiger partial charge in [-0.1, -0.05) is 13.3 Å². The fourth-order valence-electron chi connectivity index (χ4n) is 2.94. The van der Waals surface area contributed by atoms with Gasteiger partial charge in [-0.3, -0.25) is 0 Å². The van der Waals surface area contributed by atoms with E-state index in [1.54, 1.807) is 0 Å². The first-order valence-electron chi connectivity index (χ1n) is 7.39. The van der Waals surface area contributed by atoms with Crippen LogP contribution in [0.5, 0.6) is 0 Å². The fraction of sp³-hybridized carbons (Fsp3) is 1.00. The molecule has 0 aromatic carbocycles. The third kappa shape index (κ3) is 4.94. The van der Waals surface area contributed by atoms with Gasteiger partial charge in [-0.15, -0.1) is 0 Å². The minimum atomic E-state index is 0.484. The van der Waals surface area contributed by atoms with Gasteiger partial charge in [-0.25, -0.2) is 0 Å². The molecule has 2 aliphatic rings. The third-order valence-electron chi connectivity index (χ3n) is 3.91. The van der Waals surface area contributed by atoms with Crippen molar-refractivity contribution >= 4 is 0 Å². The van der Waals surface area contributed by atoms with E-state index in [1.165, 1.54) is 51.7 Å². The second-order valence-corrected chi connectivity index (χ2v) is 5.76. The Bertz CT molecular complexity index is 198. The lowest BCUT2D eigenvalue weighted by molar-refractivity contribution is 0.108. The molecule has 2 rings (SSSR count). The molecule has 0 amide bonds. The summed E-state index contributed by atoms with van der Waals surface area (Å²) in [7, 11) is 0. The number of likely N-dealkylation sites (tertiary alicyclic amines) is 1. The quantitative estimate of drug-likeness (QED) is 0.767. The van der Waals surface area contributed by atoms with Crippen molar-refractivity contribution in [3.05, 3.63) is 0 Å². The van der Waals surface area contributed by atoms with Crippen molar-refractivity contribution in [2.75, 3.05) is 39.3 Å². The predicted octanol–water partition coefficient (Wildman–Crippen LogP) is 1.88. The smallest absolute Gasteiger partial charge is 0.0700 e. The zero-order chi connectivity index (χ0) is 11.9. The molecule has 2 atom stereocenters. The lowest BCUT2D eigenvalue weighted by atomic mass is 10.1. The summed E-state index contributed by atoms with van der Waals surface area (Å²) in [4.78, 5) is 2.63. The minimum Gasteiger partial charge on any atom is -0.377 e. The number of hydrogen-bond acceptors (Lipinski definition) is 3. The molecule has 0 aliphatic carbocycles. The molecule has 0 aromatic rings. The summed E-state index contributed by atoms with van der Waals surface area (Å²) >= 11 is 0. The van der Waals surface area contributed by atoms with Crippen molar-refractivity contribution in [3.63, 3.8) is 0 Å². The van der Waals surface area contributed by atoms with E-state index >= 15 is 0 Å². The van der Waals surface area contributed by atoms with Crippen molar-refractivity contribution in [1.82, 2.24) is 10.2 Å². The van der Waals surface area contributed by atoms with Crippen LogP contribution in [0.3, 0.4) is 0 Å². The molecule has 1 N–H and O–H groups in total. The molecular weight excluding hydrogens is 212 g/mol. The zero-order valence-electron chi connectivity index (χ0n) is 11.3. The van der Waals surface area contributed by atoms with Gasteiger partial charge < -0.3 is 15.0 Å². The molecule has 3 nitrogen and oxygen atoms in total. The van der Waals surface area contributed by atoms with Crippen molar-refractivity contribution in [2.24, 2.45) is 5.92 Å². The van der Waals surface area contributed by atoms with E-state index in [-0.39, 0.29) is 0 Å². The Kier molecular flexibility index (Phi) is 5.75. The van der Waals surface area contributed by atoms with Crippen LogP contribution < -0.4 is 5.32 Å². The molecule has 2 aliphatic heterocycles. The highest BCUT2D eigenvalue weighted by Crippen LogP contribution is 2.12. The van der Waals surface area contributed by atoms with Crippen LogP contribution in [0.4, 0.5) is 0 Å². The summed E-state index contributed by atoms with van der Waals surface area (Å²) in [5, 5.41) is 3.57. The monoisotopic (exact) mass is 240 g/mol. The van der Waals surface area contributed by atoms with E-state index in [0.717, 1.165) is 25.6 Å². The maximum atomic E-state index is 5.61. The van der Waals surface area contributed by atoms with Gasteiger partial charge in [0.1, 0.15) is 0 Å². The summed E-state index contributed by atoms with van der Waals surface area (Å²) in [5.74, 6) is 0.759. The van der Waals surface area contributed by atoms with Crippen LogP contribution in [0.1, 0.15) is 39.0 Å². The minimum absolute atomic E-state index is 0.484. The summed E-state index contributed by atoms with van der Waals surface area (Å²) < 4.78 is 5.61. The van der Waals surface area contributed by atoms with Crippen LogP contribution in [0.2, 0.25) is 0 Å². The van der Waals surface area contributed by atoms with Crippen LogP contribution in [-0.2, 0) is 4.74 Å². The van der Waals surface area contributed by atoms with Gasteiger partial charge >= 0.3 is 0 Å². The molecule has 100 valence electrons. The Labute approximate surface area is 106 Å². The number of hydrogen-bond donors (Lipinski definition) is 1. The van der Waals surface area contributed by atoms with Gasteiger partial charge in [0.05, 0.1) is 6.10 Å². The van der Waals surface area contributed by atoms with E-state index in [9.17, 15) is 0 Å². The van der Waals surface area contributed by atoms with Gasteiger partial charge in [-0.2, -0.15) is 0 Å². The molecule has 2 heterocycles. The van der Waals surface area contributed by atoms with Gasteiger partial charge in [0.15, 0.2) is 0 Å². The van der Waals surface area contributed by atoms with Crippen molar-refractivity contribution < 1.29 is 4.74 Å². The van der Waals surface area contributed by atoms with E-state index in [1.807, 2.05) is 0 Å². The predicted molar refractivity (Wildman–Crippen MR) is 71.3 cm³/mol. The molecular formula is C14H28N2O. The average molecular weight is 240 g/mol. The Morgan fingerprint density at radius 3 is 2.76 bits per heavy atom. The van der Waals surface area contributed by atoms with Crippen LogP contribution in [-0.4, -0.2) is 50.3 Å². The van der Waals surface area contributed by atoms with E-state index < -0.39 is 0 Å². The number of ether oxygens (including phenoxy) is 1. The van der Waals surface area contributed by atoms with Gasteiger partial charge in [0.25, 0.3) is 0 Å². The number of nitrogens with one attached hydrogen (secondary N) is 1. The molecule has 0 bridgehead atoms. The lowest BCUT2D eigenvalue weighted by Crippen LogP contribution is -2.38. The normalized spacial score (nSPS) is 28.4. The summed E-state index contributed by atoms with van der Waals surface area (Å²) in [6.07, 6.45) is 7.20. The standard InChI is InChI=1S/C14H28N2O/c1-13(12-16-7-3-2-4-8-16)10-15-11-14-6-5-9-17-14/h13-15H,2-12H2,1H3. The van der Waals surface area contributed by atoms with Crippen molar-refractivity contribution in [2.45, 2.75) is 45.1 Å². The molecule has 17 heavy (non-hydrogen) atoms. The highest BCUT2D eigenvalue weighted by molar-refractivity contribution is 4.71. The van der Waals surface area contributed by atoms with Crippen LogP contribution in [0, 0.1) is 5.92 Å². The first kappa shape index (κ1) is 13.3. The fourth-order valence-corrected chi connectivity index (χ4v) is 2.94. The lowest BCUT2D eigenvalue weighted by Gasteiger charge is -2.29. The van der Waals surface area contributed by atoms with Crippen molar-refractivity contribution in [3.8, 4) is 0 Å². The Hall–Kier alpha value is -0.120. The van der Waals surface area contributed by atoms with E-state index in [4.69, 9.17) is 4.74 Å². The maximum absolute atomic E-state index is 5.61. The highest BCUT2D eigenvalue weighted by atomic mass is 16.5. The average Bonchev–Trinajstić information content (AvgIpc) is 2.83. The largest absolute Gasteiger partial charge is 0.377 e. The molecule has 0 saturated carbocycles. The molecule has 2 fully saturated rings.